The molecule has 0 amide bonds. The Labute approximate surface area is 79.6 Å². The predicted molar refractivity (Wildman–Crippen MR) is 52.5 cm³/mol. The summed E-state index contributed by atoms with van der Waals surface area (Å²) in [6.45, 7) is 8.04. The Morgan fingerprint density at radius 2 is 1.62 bits per heavy atom. The molecule has 0 spiro atoms. The van der Waals surface area contributed by atoms with Crippen molar-refractivity contribution in [3.8, 4) is 0 Å². The third-order valence-electron chi connectivity index (χ3n) is 2.62. The molecule has 1 aliphatic heterocycles. The van der Waals surface area contributed by atoms with Crippen LogP contribution >= 0.6 is 0 Å². The quantitative estimate of drug-likeness (QED) is 0.374. The summed E-state index contributed by atoms with van der Waals surface area (Å²) < 4.78 is 11.3. The first-order chi connectivity index (χ1) is 5.89. The van der Waals surface area contributed by atoms with Gasteiger partial charge in [-0.2, -0.15) is 0 Å². The lowest BCUT2D eigenvalue weighted by Crippen LogP contribution is -2.41. The van der Waals surface area contributed by atoms with Gasteiger partial charge in [-0.05, 0) is 33.7 Å². The fraction of sp³-hybridized carbons (Fsp3) is 0.750. The number of hydrogen-bond acceptors (Lipinski definition) is 4. The first kappa shape index (κ1) is 10.6. The molecule has 0 aromatic heterocycles. The summed E-state index contributed by atoms with van der Waals surface area (Å²) in [6.07, 6.45) is 1.60. The fourth-order valence-electron chi connectivity index (χ4n) is 1.10. The molecule has 0 saturated carbocycles. The molecule has 1 saturated heterocycles. The van der Waals surface area contributed by atoms with Crippen molar-refractivity contribution >= 4 is 7.12 Å². The van der Waals surface area contributed by atoms with Crippen LogP contribution in [0.1, 0.15) is 27.7 Å². The Bertz CT molecular complexity index is 200. The van der Waals surface area contributed by atoms with E-state index in [1.165, 1.54) is 0 Å². The first-order valence-corrected chi connectivity index (χ1v) is 4.37. The molecule has 74 valence electrons. The molecular weight excluding hydrogens is 167 g/mol. The fourth-order valence-corrected chi connectivity index (χ4v) is 1.10. The van der Waals surface area contributed by atoms with Crippen LogP contribution in [0.2, 0.25) is 0 Å². The molecule has 5 heteroatoms. The van der Waals surface area contributed by atoms with Crippen LogP contribution in [-0.4, -0.2) is 18.3 Å². The minimum absolute atomic E-state index is 0.281. The van der Waals surface area contributed by atoms with E-state index in [4.69, 9.17) is 15.2 Å². The lowest BCUT2D eigenvalue weighted by molar-refractivity contribution is 0.00578. The standard InChI is InChI=1S/C8H17BN2O2/c1-7(2)8(3,4)13-9(12-7)5-6-11-10/h5-6,11H,10H2,1-4H3/b6-5+. The van der Waals surface area contributed by atoms with Gasteiger partial charge in [0.15, 0.2) is 0 Å². The zero-order valence-corrected chi connectivity index (χ0v) is 8.63. The lowest BCUT2D eigenvalue weighted by Gasteiger charge is -2.32. The Balaban J connectivity index is 2.65. The molecule has 4 nitrogen and oxygen atoms in total. The number of rotatable bonds is 2. The van der Waals surface area contributed by atoms with E-state index >= 15 is 0 Å². The molecule has 1 aliphatic rings. The average molecular weight is 184 g/mol. The van der Waals surface area contributed by atoms with Crippen molar-refractivity contribution < 1.29 is 9.31 Å². The van der Waals surface area contributed by atoms with Gasteiger partial charge in [0, 0.05) is 6.20 Å². The minimum atomic E-state index is -0.318. The molecule has 0 radical (unpaired) electrons. The summed E-state index contributed by atoms with van der Waals surface area (Å²) in [5, 5.41) is 0. The van der Waals surface area contributed by atoms with Crippen molar-refractivity contribution in [1.82, 2.24) is 5.43 Å². The summed E-state index contributed by atoms with van der Waals surface area (Å²) in [5.41, 5.74) is 1.85. The third kappa shape index (κ3) is 2.04. The zero-order chi connectivity index (χ0) is 10.1. The van der Waals surface area contributed by atoms with Gasteiger partial charge in [-0.15, -0.1) is 0 Å². The highest BCUT2D eigenvalue weighted by Gasteiger charge is 2.49. The van der Waals surface area contributed by atoms with Crippen LogP contribution in [0, 0.1) is 0 Å². The van der Waals surface area contributed by atoms with Crippen LogP contribution in [0.5, 0.6) is 0 Å². The smallest absolute Gasteiger partial charge is 0.400 e. The van der Waals surface area contributed by atoms with Crippen molar-refractivity contribution in [2.24, 2.45) is 5.84 Å². The van der Waals surface area contributed by atoms with E-state index in [0.717, 1.165) is 0 Å². The van der Waals surface area contributed by atoms with E-state index in [1.807, 2.05) is 27.7 Å². The van der Waals surface area contributed by atoms with Gasteiger partial charge in [0.05, 0.1) is 11.2 Å². The molecule has 0 aliphatic carbocycles. The van der Waals surface area contributed by atoms with Crippen LogP contribution < -0.4 is 11.3 Å². The first-order valence-electron chi connectivity index (χ1n) is 4.37. The molecule has 0 atom stereocenters. The van der Waals surface area contributed by atoms with Crippen LogP contribution in [0.25, 0.3) is 0 Å². The number of nitrogens with two attached hydrogens (primary N) is 1. The van der Waals surface area contributed by atoms with Crippen molar-refractivity contribution in [3.63, 3.8) is 0 Å². The molecular formula is C8H17BN2O2. The molecule has 0 aromatic carbocycles. The van der Waals surface area contributed by atoms with Gasteiger partial charge in [0.2, 0.25) is 0 Å². The molecule has 0 aromatic rings. The van der Waals surface area contributed by atoms with Gasteiger partial charge >= 0.3 is 7.12 Å². The summed E-state index contributed by atoms with van der Waals surface area (Å²) in [7, 11) is -0.318. The van der Waals surface area contributed by atoms with Gasteiger partial charge < -0.3 is 14.7 Å². The van der Waals surface area contributed by atoms with Crippen LogP contribution in [0.15, 0.2) is 12.2 Å². The molecule has 0 unspecified atom stereocenters. The number of nitrogens with one attached hydrogen (secondary N) is 1. The van der Waals surface area contributed by atoms with Gasteiger partial charge in [-0.1, -0.05) is 0 Å². The lowest BCUT2D eigenvalue weighted by atomic mass is 9.90. The maximum atomic E-state index is 5.66. The SMILES string of the molecule is CC1(C)OB(/C=C/NN)OC1(C)C. The largest absolute Gasteiger partial charge is 0.488 e. The van der Waals surface area contributed by atoms with Crippen molar-refractivity contribution in [2.75, 3.05) is 0 Å². The highest BCUT2D eigenvalue weighted by molar-refractivity contribution is 6.51. The monoisotopic (exact) mass is 184 g/mol. The van der Waals surface area contributed by atoms with Crippen molar-refractivity contribution in [1.29, 1.82) is 0 Å². The van der Waals surface area contributed by atoms with Gasteiger partial charge in [-0.25, -0.2) is 0 Å². The van der Waals surface area contributed by atoms with Crippen LogP contribution in [-0.2, 0) is 9.31 Å². The molecule has 0 bridgehead atoms. The second-order valence-electron chi connectivity index (χ2n) is 4.15. The Morgan fingerprint density at radius 3 is 2.00 bits per heavy atom. The van der Waals surface area contributed by atoms with Crippen LogP contribution in [0.3, 0.4) is 0 Å². The minimum Gasteiger partial charge on any atom is -0.400 e. The highest BCUT2D eigenvalue weighted by atomic mass is 16.7. The van der Waals surface area contributed by atoms with E-state index in [1.54, 1.807) is 12.2 Å². The van der Waals surface area contributed by atoms with E-state index in [-0.39, 0.29) is 18.3 Å². The van der Waals surface area contributed by atoms with E-state index in [9.17, 15) is 0 Å². The van der Waals surface area contributed by atoms with E-state index < -0.39 is 0 Å². The predicted octanol–water partition coefficient (Wildman–Crippen LogP) is 0.595. The molecule has 1 rings (SSSR count). The van der Waals surface area contributed by atoms with E-state index in [0.29, 0.717) is 0 Å². The summed E-state index contributed by atoms with van der Waals surface area (Å²) in [5.74, 6) is 6.84. The maximum absolute atomic E-state index is 5.66. The van der Waals surface area contributed by atoms with Crippen LogP contribution in [0.4, 0.5) is 0 Å². The molecule has 1 heterocycles. The summed E-state index contributed by atoms with van der Waals surface area (Å²) in [4.78, 5) is 0. The summed E-state index contributed by atoms with van der Waals surface area (Å²) in [6, 6.07) is 0. The zero-order valence-electron chi connectivity index (χ0n) is 8.63. The van der Waals surface area contributed by atoms with Gasteiger partial charge in [0.25, 0.3) is 0 Å². The van der Waals surface area contributed by atoms with E-state index in [2.05, 4.69) is 5.43 Å². The Morgan fingerprint density at radius 1 is 1.15 bits per heavy atom. The molecule has 3 N–H and O–H groups in total. The maximum Gasteiger partial charge on any atom is 0.488 e. The topological polar surface area (TPSA) is 56.5 Å². The molecule has 13 heavy (non-hydrogen) atoms. The second kappa shape index (κ2) is 3.33. The third-order valence-corrected chi connectivity index (χ3v) is 2.62. The molecule has 1 fully saturated rings. The second-order valence-corrected chi connectivity index (χ2v) is 4.15. The average Bonchev–Trinajstić information content (AvgIpc) is 2.17. The normalized spacial score (nSPS) is 25.5. The van der Waals surface area contributed by atoms with Crippen molar-refractivity contribution in [2.45, 2.75) is 38.9 Å². The van der Waals surface area contributed by atoms with Gasteiger partial charge in [0.1, 0.15) is 0 Å². The van der Waals surface area contributed by atoms with Crippen molar-refractivity contribution in [3.05, 3.63) is 12.2 Å². The van der Waals surface area contributed by atoms with Gasteiger partial charge in [-0.3, -0.25) is 5.84 Å². The number of hydrogen-bond donors (Lipinski definition) is 2. The Hall–Kier alpha value is -0.515. The Kier molecular flexibility index (Phi) is 2.70. The highest BCUT2D eigenvalue weighted by Crippen LogP contribution is 2.36. The number of hydrazine groups is 1. The summed E-state index contributed by atoms with van der Waals surface area (Å²) >= 11 is 0.